The van der Waals surface area contributed by atoms with Gasteiger partial charge in [-0.15, -0.1) is 10.2 Å². The molecule has 1 atom stereocenters. The van der Waals surface area contributed by atoms with Crippen LogP contribution in [0.1, 0.15) is 5.56 Å². The molecule has 0 radical (unpaired) electrons. The maximum Gasteiger partial charge on any atom is 0.416 e. The third-order valence-corrected chi connectivity index (χ3v) is 3.86. The number of alkyl halides is 3. The molecule has 5 nitrogen and oxygen atoms in total. The quantitative estimate of drug-likeness (QED) is 0.823. The second-order valence-electron chi connectivity index (χ2n) is 4.53. The summed E-state index contributed by atoms with van der Waals surface area (Å²) in [5, 5.41) is 18.0. The second kappa shape index (κ2) is 7.01. The molecule has 0 bridgehead atoms. The van der Waals surface area contributed by atoms with Crippen molar-refractivity contribution in [2.75, 3.05) is 12.4 Å². The van der Waals surface area contributed by atoms with Crippen LogP contribution in [0.15, 0.2) is 35.7 Å². The van der Waals surface area contributed by atoms with Gasteiger partial charge in [0.1, 0.15) is 18.7 Å². The van der Waals surface area contributed by atoms with Gasteiger partial charge in [-0.05, 0) is 18.2 Å². The summed E-state index contributed by atoms with van der Waals surface area (Å²) >= 11 is 1.28. The smallest absolute Gasteiger partial charge is 0.416 e. The highest BCUT2D eigenvalue weighted by atomic mass is 32.2. The molecule has 1 aromatic heterocycles. The van der Waals surface area contributed by atoms with Crippen LogP contribution in [0.4, 0.5) is 13.2 Å². The number of rotatable bonds is 6. The first kappa shape index (κ1) is 16.6. The minimum atomic E-state index is -4.42. The highest BCUT2D eigenvalue weighted by molar-refractivity contribution is 7.99. The number of ether oxygens (including phenoxy) is 1. The first-order chi connectivity index (χ1) is 10.4. The van der Waals surface area contributed by atoms with Gasteiger partial charge in [-0.3, -0.25) is 0 Å². The number of aryl methyl sites for hydroxylation is 1. The number of thioether (sulfide) groups is 1. The first-order valence-electron chi connectivity index (χ1n) is 6.31. The summed E-state index contributed by atoms with van der Waals surface area (Å²) < 4.78 is 44.6. The summed E-state index contributed by atoms with van der Waals surface area (Å²) in [6.07, 6.45) is -3.72. The third-order valence-electron chi connectivity index (χ3n) is 2.68. The van der Waals surface area contributed by atoms with Crippen LogP contribution in [0.2, 0.25) is 0 Å². The molecule has 0 amide bonds. The fourth-order valence-corrected chi connectivity index (χ4v) is 2.37. The van der Waals surface area contributed by atoms with E-state index in [1.54, 1.807) is 11.6 Å². The van der Waals surface area contributed by atoms with Gasteiger partial charge in [0.2, 0.25) is 0 Å². The van der Waals surface area contributed by atoms with E-state index in [4.69, 9.17) is 4.74 Å². The Kier molecular flexibility index (Phi) is 5.30. The van der Waals surface area contributed by atoms with Crippen LogP contribution in [-0.4, -0.2) is 38.3 Å². The van der Waals surface area contributed by atoms with Crippen LogP contribution in [0.3, 0.4) is 0 Å². The number of hydrogen-bond acceptors (Lipinski definition) is 5. The van der Waals surface area contributed by atoms with Gasteiger partial charge >= 0.3 is 6.18 Å². The van der Waals surface area contributed by atoms with E-state index in [9.17, 15) is 18.3 Å². The molecular formula is C13H14F3N3O2S. The first-order valence-corrected chi connectivity index (χ1v) is 7.30. The molecule has 0 saturated heterocycles. The number of halogens is 3. The Balaban J connectivity index is 1.83. The van der Waals surface area contributed by atoms with E-state index in [1.165, 1.54) is 30.2 Å². The third kappa shape index (κ3) is 4.63. The van der Waals surface area contributed by atoms with Gasteiger partial charge in [-0.1, -0.05) is 17.8 Å². The lowest BCUT2D eigenvalue weighted by atomic mass is 10.2. The largest absolute Gasteiger partial charge is 0.491 e. The molecule has 9 heteroatoms. The van der Waals surface area contributed by atoms with Crippen molar-refractivity contribution in [3.05, 3.63) is 36.2 Å². The lowest BCUT2D eigenvalue weighted by molar-refractivity contribution is -0.137. The zero-order valence-electron chi connectivity index (χ0n) is 11.6. The van der Waals surface area contributed by atoms with Crippen LogP contribution < -0.4 is 4.74 Å². The van der Waals surface area contributed by atoms with Gasteiger partial charge in [-0.25, -0.2) is 0 Å². The average molecular weight is 333 g/mol. The Bertz CT molecular complexity index is 619. The number of aromatic nitrogens is 3. The number of nitrogens with zero attached hydrogens (tertiary/aromatic N) is 3. The zero-order chi connectivity index (χ0) is 16.2. The summed E-state index contributed by atoms with van der Waals surface area (Å²) in [5.74, 6) is 0.364. The maximum absolute atomic E-state index is 12.6. The second-order valence-corrected chi connectivity index (χ2v) is 5.51. The van der Waals surface area contributed by atoms with Gasteiger partial charge in [-0.2, -0.15) is 13.2 Å². The standard InChI is InChI=1S/C13H14F3N3O2S/c1-19-8-17-18-12(19)22-7-10(20)6-21-11-4-2-3-9(5-11)13(14,15)16/h2-5,8,10,20H,6-7H2,1H3. The molecule has 0 fully saturated rings. The molecule has 0 spiro atoms. The Morgan fingerprint density at radius 1 is 1.41 bits per heavy atom. The van der Waals surface area contributed by atoms with E-state index < -0.39 is 17.8 Å². The maximum atomic E-state index is 12.6. The van der Waals surface area contributed by atoms with Gasteiger partial charge in [0.25, 0.3) is 0 Å². The zero-order valence-corrected chi connectivity index (χ0v) is 12.4. The minimum Gasteiger partial charge on any atom is -0.491 e. The van der Waals surface area contributed by atoms with E-state index in [1.807, 2.05) is 0 Å². The number of aliphatic hydroxyl groups is 1. The summed E-state index contributed by atoms with van der Waals surface area (Å²) in [6, 6.07) is 4.55. The molecular weight excluding hydrogens is 319 g/mol. The van der Waals surface area contributed by atoms with E-state index in [-0.39, 0.29) is 12.4 Å². The van der Waals surface area contributed by atoms with Crippen molar-refractivity contribution < 1.29 is 23.0 Å². The molecule has 0 aliphatic heterocycles. The van der Waals surface area contributed by atoms with Crippen molar-refractivity contribution in [3.63, 3.8) is 0 Å². The highest BCUT2D eigenvalue weighted by Gasteiger charge is 2.30. The van der Waals surface area contributed by atoms with Crippen molar-refractivity contribution in [2.24, 2.45) is 7.05 Å². The van der Waals surface area contributed by atoms with E-state index in [0.29, 0.717) is 10.9 Å². The normalized spacial score (nSPS) is 13.1. The van der Waals surface area contributed by atoms with Crippen molar-refractivity contribution >= 4 is 11.8 Å². The molecule has 0 saturated carbocycles. The Hall–Kier alpha value is -1.74. The Labute approximate surface area is 129 Å². The monoisotopic (exact) mass is 333 g/mol. The predicted molar refractivity (Wildman–Crippen MR) is 74.7 cm³/mol. The summed E-state index contributed by atoms with van der Waals surface area (Å²) in [5.41, 5.74) is -0.784. The fourth-order valence-electron chi connectivity index (χ4n) is 1.58. The van der Waals surface area contributed by atoms with Crippen molar-refractivity contribution in [2.45, 2.75) is 17.4 Å². The number of hydrogen-bond donors (Lipinski definition) is 1. The van der Waals surface area contributed by atoms with Gasteiger partial charge in [0.15, 0.2) is 5.16 Å². The molecule has 1 aromatic carbocycles. The van der Waals surface area contributed by atoms with E-state index >= 15 is 0 Å². The summed E-state index contributed by atoms with van der Waals surface area (Å²) in [7, 11) is 1.77. The summed E-state index contributed by atoms with van der Waals surface area (Å²) in [6.45, 7) is -0.105. The molecule has 1 heterocycles. The van der Waals surface area contributed by atoms with Crippen LogP contribution in [-0.2, 0) is 13.2 Å². The van der Waals surface area contributed by atoms with E-state index in [2.05, 4.69) is 10.2 Å². The SMILES string of the molecule is Cn1cnnc1SCC(O)COc1cccc(C(F)(F)F)c1. The average Bonchev–Trinajstić information content (AvgIpc) is 2.88. The van der Waals surface area contributed by atoms with E-state index in [0.717, 1.165) is 12.1 Å². The molecule has 22 heavy (non-hydrogen) atoms. The van der Waals surface area contributed by atoms with Crippen LogP contribution in [0.25, 0.3) is 0 Å². The number of aliphatic hydroxyl groups excluding tert-OH is 1. The van der Waals surface area contributed by atoms with Crippen molar-refractivity contribution in [3.8, 4) is 5.75 Å². The highest BCUT2D eigenvalue weighted by Crippen LogP contribution is 2.31. The molecule has 2 aromatic rings. The van der Waals surface area contributed by atoms with Crippen LogP contribution in [0, 0.1) is 0 Å². The molecule has 1 N–H and O–H groups in total. The van der Waals surface area contributed by atoms with Gasteiger partial charge in [0, 0.05) is 12.8 Å². The summed E-state index contributed by atoms with van der Waals surface area (Å²) in [4.78, 5) is 0. The lowest BCUT2D eigenvalue weighted by Gasteiger charge is -2.13. The predicted octanol–water partition coefficient (Wildman–Crippen LogP) is 2.37. The van der Waals surface area contributed by atoms with Gasteiger partial charge < -0.3 is 14.4 Å². The molecule has 120 valence electrons. The van der Waals surface area contributed by atoms with Crippen molar-refractivity contribution in [1.82, 2.24) is 14.8 Å². The lowest BCUT2D eigenvalue weighted by Crippen LogP contribution is -2.20. The fraction of sp³-hybridized carbons (Fsp3) is 0.385. The Morgan fingerprint density at radius 2 is 2.18 bits per heavy atom. The minimum absolute atomic E-state index is 0.0672. The molecule has 0 aliphatic rings. The van der Waals surface area contributed by atoms with Crippen LogP contribution >= 0.6 is 11.8 Å². The molecule has 2 rings (SSSR count). The van der Waals surface area contributed by atoms with Crippen molar-refractivity contribution in [1.29, 1.82) is 0 Å². The topological polar surface area (TPSA) is 60.2 Å². The molecule has 1 unspecified atom stereocenters. The van der Waals surface area contributed by atoms with Crippen LogP contribution in [0.5, 0.6) is 5.75 Å². The number of benzene rings is 1. The van der Waals surface area contributed by atoms with Gasteiger partial charge in [0.05, 0.1) is 11.7 Å². The molecule has 0 aliphatic carbocycles. The Morgan fingerprint density at radius 3 is 2.82 bits per heavy atom.